The highest BCUT2D eigenvalue weighted by Crippen LogP contribution is 2.37. The number of amides is 1. The Kier molecular flexibility index (Phi) is 2.66. The molecule has 6 heteroatoms. The largest absolute Gasteiger partial charge is 0.465 e. The predicted octanol–water partition coefficient (Wildman–Crippen LogP) is 0.897. The number of fused-ring (bicyclic) bond motifs is 1. The number of benzene rings is 1. The second-order valence-corrected chi connectivity index (χ2v) is 5.39. The second kappa shape index (κ2) is 4.22. The lowest BCUT2D eigenvalue weighted by Crippen LogP contribution is -2.32. The minimum Gasteiger partial charge on any atom is -0.465 e. The maximum Gasteiger partial charge on any atom is 0.407 e. The minimum atomic E-state index is -0.815. The van der Waals surface area contributed by atoms with Crippen molar-refractivity contribution in [2.75, 3.05) is 42.5 Å². The van der Waals surface area contributed by atoms with Gasteiger partial charge >= 0.3 is 6.09 Å². The molecule has 0 bridgehead atoms. The highest BCUT2D eigenvalue weighted by Gasteiger charge is 2.42. The van der Waals surface area contributed by atoms with Crippen molar-refractivity contribution in [3.63, 3.8) is 0 Å². The second-order valence-electron chi connectivity index (χ2n) is 5.39. The van der Waals surface area contributed by atoms with Crippen molar-refractivity contribution in [3.8, 4) is 0 Å². The van der Waals surface area contributed by atoms with Crippen molar-refractivity contribution >= 4 is 23.2 Å². The molecular formula is C13H18N4O2. The van der Waals surface area contributed by atoms with Gasteiger partial charge in [0.1, 0.15) is 0 Å². The highest BCUT2D eigenvalue weighted by atomic mass is 16.4. The molecule has 1 aromatic rings. The molecule has 3 rings (SSSR count). The third-order valence-corrected chi connectivity index (χ3v) is 4.21. The fraction of sp³-hybridized carbons (Fsp3) is 0.462. The summed E-state index contributed by atoms with van der Waals surface area (Å²) in [7, 11) is 0. The van der Waals surface area contributed by atoms with Crippen molar-refractivity contribution in [2.24, 2.45) is 11.8 Å². The van der Waals surface area contributed by atoms with Crippen LogP contribution in [-0.4, -0.2) is 42.3 Å². The zero-order valence-electron chi connectivity index (χ0n) is 10.6. The molecule has 0 radical (unpaired) electrons. The fourth-order valence-electron chi connectivity index (χ4n) is 3.19. The van der Waals surface area contributed by atoms with E-state index in [1.807, 2.05) is 12.1 Å². The summed E-state index contributed by atoms with van der Waals surface area (Å²) in [4.78, 5) is 14.7. The fourth-order valence-corrected chi connectivity index (χ4v) is 3.19. The van der Waals surface area contributed by atoms with Crippen molar-refractivity contribution in [1.29, 1.82) is 0 Å². The molecule has 2 aliphatic rings. The molecule has 0 aliphatic carbocycles. The van der Waals surface area contributed by atoms with Gasteiger partial charge < -0.3 is 26.4 Å². The number of nitrogens with zero attached hydrogens (tertiary/aromatic N) is 2. The van der Waals surface area contributed by atoms with Gasteiger partial charge in [-0.1, -0.05) is 6.07 Å². The Balaban J connectivity index is 1.75. The van der Waals surface area contributed by atoms with E-state index >= 15 is 0 Å². The van der Waals surface area contributed by atoms with Gasteiger partial charge in [0.15, 0.2) is 0 Å². The molecule has 0 spiro atoms. The Morgan fingerprint density at radius 3 is 2.37 bits per heavy atom. The molecule has 19 heavy (non-hydrogen) atoms. The van der Waals surface area contributed by atoms with E-state index in [0.717, 1.165) is 18.8 Å². The number of carboxylic acid groups (broad SMARTS) is 1. The molecule has 2 atom stereocenters. The number of para-hydroxylation sites is 1. The molecule has 5 N–H and O–H groups in total. The average molecular weight is 262 g/mol. The number of rotatable bonds is 1. The normalized spacial score (nSPS) is 25.7. The van der Waals surface area contributed by atoms with Crippen LogP contribution in [0, 0.1) is 11.8 Å². The van der Waals surface area contributed by atoms with Gasteiger partial charge in [-0.15, -0.1) is 0 Å². The van der Waals surface area contributed by atoms with E-state index in [0.29, 0.717) is 36.3 Å². The molecule has 2 aliphatic heterocycles. The third-order valence-electron chi connectivity index (χ3n) is 4.21. The zero-order valence-corrected chi connectivity index (χ0v) is 10.6. The van der Waals surface area contributed by atoms with Crippen molar-refractivity contribution in [3.05, 3.63) is 18.2 Å². The monoisotopic (exact) mass is 262 g/mol. The summed E-state index contributed by atoms with van der Waals surface area (Å²) in [6.45, 7) is 2.95. The van der Waals surface area contributed by atoms with Crippen molar-refractivity contribution in [2.45, 2.75) is 0 Å². The van der Waals surface area contributed by atoms with Crippen LogP contribution < -0.4 is 16.4 Å². The number of anilines is 3. The van der Waals surface area contributed by atoms with Gasteiger partial charge in [-0.25, -0.2) is 4.79 Å². The molecule has 0 saturated carbocycles. The molecule has 102 valence electrons. The summed E-state index contributed by atoms with van der Waals surface area (Å²) in [6.07, 6.45) is -0.815. The first-order valence-corrected chi connectivity index (χ1v) is 6.43. The first-order chi connectivity index (χ1) is 9.06. The van der Waals surface area contributed by atoms with Crippen LogP contribution in [0.1, 0.15) is 0 Å². The zero-order chi connectivity index (χ0) is 13.6. The van der Waals surface area contributed by atoms with Gasteiger partial charge in [0.2, 0.25) is 0 Å². The Bertz CT molecular complexity index is 505. The molecular weight excluding hydrogens is 244 g/mol. The van der Waals surface area contributed by atoms with Crippen molar-refractivity contribution < 1.29 is 9.90 Å². The van der Waals surface area contributed by atoms with Gasteiger partial charge in [-0.05, 0) is 12.1 Å². The van der Waals surface area contributed by atoms with Crippen LogP contribution in [0.4, 0.5) is 21.9 Å². The summed E-state index contributed by atoms with van der Waals surface area (Å²) in [6, 6.07) is 5.67. The van der Waals surface area contributed by atoms with Crippen LogP contribution >= 0.6 is 0 Å². The van der Waals surface area contributed by atoms with Crippen LogP contribution in [0.25, 0.3) is 0 Å². The molecule has 2 saturated heterocycles. The van der Waals surface area contributed by atoms with Crippen LogP contribution in [0.15, 0.2) is 18.2 Å². The van der Waals surface area contributed by atoms with Crippen LogP contribution in [-0.2, 0) is 0 Å². The number of nitrogens with two attached hydrogens (primary N) is 2. The quantitative estimate of drug-likeness (QED) is 0.653. The summed E-state index contributed by atoms with van der Waals surface area (Å²) in [5.41, 5.74) is 14.0. The van der Waals surface area contributed by atoms with E-state index in [9.17, 15) is 4.79 Å². The Morgan fingerprint density at radius 1 is 1.16 bits per heavy atom. The minimum absolute atomic E-state index is 0.400. The van der Waals surface area contributed by atoms with Crippen molar-refractivity contribution in [1.82, 2.24) is 4.90 Å². The predicted molar refractivity (Wildman–Crippen MR) is 74.1 cm³/mol. The number of nitrogen functional groups attached to an aromatic ring is 2. The number of hydrogen-bond acceptors (Lipinski definition) is 4. The Morgan fingerprint density at radius 2 is 1.79 bits per heavy atom. The van der Waals surface area contributed by atoms with Gasteiger partial charge in [-0.2, -0.15) is 0 Å². The van der Waals surface area contributed by atoms with Crippen LogP contribution in [0.3, 0.4) is 0 Å². The smallest absolute Gasteiger partial charge is 0.407 e. The van der Waals surface area contributed by atoms with Crippen LogP contribution in [0.5, 0.6) is 0 Å². The SMILES string of the molecule is Nc1cccc(N2CC3CN(C(=O)O)CC3C2)c1N. The summed E-state index contributed by atoms with van der Waals surface area (Å²) in [5.74, 6) is 0.800. The maximum absolute atomic E-state index is 11.0. The molecule has 1 aromatic carbocycles. The molecule has 2 unspecified atom stereocenters. The average Bonchev–Trinajstić information content (AvgIpc) is 2.90. The maximum atomic E-state index is 11.0. The lowest BCUT2D eigenvalue weighted by molar-refractivity contribution is 0.153. The van der Waals surface area contributed by atoms with E-state index in [1.165, 1.54) is 4.90 Å². The summed E-state index contributed by atoms with van der Waals surface area (Å²) >= 11 is 0. The Hall–Kier alpha value is -2.11. The topological polar surface area (TPSA) is 95.8 Å². The van der Waals surface area contributed by atoms with Gasteiger partial charge in [0, 0.05) is 38.0 Å². The van der Waals surface area contributed by atoms with Crippen LogP contribution in [0.2, 0.25) is 0 Å². The first kappa shape index (κ1) is 12.0. The molecule has 2 heterocycles. The molecule has 1 amide bonds. The lowest BCUT2D eigenvalue weighted by atomic mass is 10.0. The Labute approximate surface area is 111 Å². The van der Waals surface area contributed by atoms with Gasteiger partial charge in [0.25, 0.3) is 0 Å². The number of likely N-dealkylation sites (tertiary alicyclic amines) is 1. The van der Waals surface area contributed by atoms with E-state index in [1.54, 1.807) is 6.07 Å². The van der Waals surface area contributed by atoms with E-state index in [2.05, 4.69) is 4.90 Å². The highest BCUT2D eigenvalue weighted by molar-refractivity contribution is 5.79. The summed E-state index contributed by atoms with van der Waals surface area (Å²) in [5, 5.41) is 9.01. The lowest BCUT2D eigenvalue weighted by Gasteiger charge is -2.23. The standard InChI is InChI=1S/C13H18N4O2/c14-10-2-1-3-11(12(10)15)16-4-8-6-17(13(18)19)7-9(8)5-16/h1-3,8-9H,4-7,14-15H2,(H,18,19). The first-order valence-electron chi connectivity index (χ1n) is 6.43. The van der Waals surface area contributed by atoms with Gasteiger partial charge in [0.05, 0.1) is 17.1 Å². The summed E-state index contributed by atoms with van der Waals surface area (Å²) < 4.78 is 0. The molecule has 2 fully saturated rings. The molecule has 6 nitrogen and oxygen atoms in total. The number of hydrogen-bond donors (Lipinski definition) is 3. The molecule has 0 aromatic heterocycles. The number of carbonyl (C=O) groups is 1. The third kappa shape index (κ3) is 1.93. The van der Waals surface area contributed by atoms with E-state index < -0.39 is 6.09 Å². The van der Waals surface area contributed by atoms with E-state index in [-0.39, 0.29) is 0 Å². The van der Waals surface area contributed by atoms with Gasteiger partial charge in [-0.3, -0.25) is 0 Å². The van der Waals surface area contributed by atoms with E-state index in [4.69, 9.17) is 16.6 Å².